The van der Waals surface area contributed by atoms with Gasteiger partial charge in [0.2, 0.25) is 0 Å². The van der Waals surface area contributed by atoms with Crippen molar-refractivity contribution >= 4 is 36.7 Å². The number of halogens is 1. The van der Waals surface area contributed by atoms with Crippen molar-refractivity contribution in [2.75, 3.05) is 31.1 Å². The van der Waals surface area contributed by atoms with Crippen LogP contribution in [0.2, 0.25) is 0 Å². The average molecular weight is 372 g/mol. The summed E-state index contributed by atoms with van der Waals surface area (Å²) in [5.41, 5.74) is 1.06. The fourth-order valence-corrected chi connectivity index (χ4v) is 3.16. The van der Waals surface area contributed by atoms with E-state index in [0.29, 0.717) is 13.3 Å². The van der Waals surface area contributed by atoms with E-state index in [1.165, 1.54) is 0 Å². The number of ether oxygens (including phenoxy) is 1. The van der Waals surface area contributed by atoms with Gasteiger partial charge in [-0.1, -0.05) is 12.1 Å². The molecule has 3 nitrogen and oxygen atoms in total. The molecule has 1 heterocycles. The molecule has 0 unspecified atom stereocenters. The highest BCUT2D eigenvalue weighted by Gasteiger charge is 2.09. The zero-order valence-corrected chi connectivity index (χ0v) is 15.4. The molecule has 0 aliphatic heterocycles. The van der Waals surface area contributed by atoms with Crippen molar-refractivity contribution in [3.05, 3.63) is 44.8 Å². The molecule has 1 aromatic heterocycles. The number of hydrogen-bond donors (Lipinski definition) is 0. The van der Waals surface area contributed by atoms with Crippen LogP contribution in [0.5, 0.6) is 0 Å². The monoisotopic (exact) mass is 371 g/mol. The lowest BCUT2D eigenvalue weighted by molar-refractivity contribution is 0.0875. The smallest absolute Gasteiger partial charge is 0.261 e. The van der Waals surface area contributed by atoms with Crippen LogP contribution in [0, 0.1) is 6.92 Å². The Morgan fingerprint density at radius 3 is 2.62 bits per heavy atom. The lowest BCUT2D eigenvalue weighted by atomic mass is 10.1. The Hall–Kier alpha value is -0.780. The molecular weight excluding hydrogens is 350 g/mol. The highest BCUT2D eigenvalue weighted by molar-refractivity contribution is 9.10. The molecule has 0 saturated carbocycles. The number of aromatic nitrogens is 1. The van der Waals surface area contributed by atoms with E-state index in [2.05, 4.69) is 34.7 Å². The summed E-state index contributed by atoms with van der Waals surface area (Å²) in [5.74, 6) is 1.05. The summed E-state index contributed by atoms with van der Waals surface area (Å²) in [6, 6.07) is 5.95. The molecule has 0 saturated heterocycles. The Labute approximate surface area is 135 Å². The van der Waals surface area contributed by atoms with Crippen molar-refractivity contribution in [1.82, 2.24) is 4.57 Å². The first kappa shape index (κ1) is 16.6. The summed E-state index contributed by atoms with van der Waals surface area (Å²) in [6.07, 6.45) is 8.59. The molecule has 0 bridgehead atoms. The van der Waals surface area contributed by atoms with Crippen LogP contribution < -0.4 is 5.56 Å². The lowest BCUT2D eigenvalue weighted by Gasteiger charge is -2.24. The van der Waals surface area contributed by atoms with Crippen molar-refractivity contribution in [1.29, 1.82) is 0 Å². The maximum Gasteiger partial charge on any atom is 0.261 e. The summed E-state index contributed by atoms with van der Waals surface area (Å²) in [5, 5.41) is 1.68. The molecule has 2 rings (SSSR count). The summed E-state index contributed by atoms with van der Waals surface area (Å²) >= 11 is 3.52. The Morgan fingerprint density at radius 2 is 1.95 bits per heavy atom. The fourth-order valence-electron chi connectivity index (χ4n) is 2.01. The van der Waals surface area contributed by atoms with E-state index in [9.17, 15) is 4.79 Å². The van der Waals surface area contributed by atoms with Gasteiger partial charge in [0.05, 0.1) is 12.0 Å². The van der Waals surface area contributed by atoms with Crippen molar-refractivity contribution in [2.45, 2.75) is 13.7 Å². The number of aryl methyl sites for hydroxylation is 1. The van der Waals surface area contributed by atoms with Gasteiger partial charge < -0.3 is 4.74 Å². The summed E-state index contributed by atoms with van der Waals surface area (Å²) in [7, 11) is -0.556. The molecule has 1 aromatic carbocycles. The van der Waals surface area contributed by atoms with Crippen LogP contribution in [0.15, 0.2) is 33.7 Å². The molecule has 0 aliphatic carbocycles. The van der Waals surface area contributed by atoms with E-state index >= 15 is 0 Å². The van der Waals surface area contributed by atoms with Gasteiger partial charge >= 0.3 is 0 Å². The van der Waals surface area contributed by atoms with Gasteiger partial charge in [0, 0.05) is 16.4 Å². The SMILES string of the molecule is Cc1ccc2ccn(COCCS(C)(C)C)c(=O)c2c1Br. The van der Waals surface area contributed by atoms with Crippen LogP contribution >= 0.6 is 26.0 Å². The highest BCUT2D eigenvalue weighted by Crippen LogP contribution is 2.33. The second-order valence-electron chi connectivity index (χ2n) is 6.08. The molecule has 0 radical (unpaired) electrons. The van der Waals surface area contributed by atoms with Crippen molar-refractivity contribution < 1.29 is 4.74 Å². The van der Waals surface area contributed by atoms with Crippen LogP contribution in [-0.2, 0) is 11.5 Å². The van der Waals surface area contributed by atoms with E-state index in [1.54, 1.807) is 10.8 Å². The van der Waals surface area contributed by atoms with Gasteiger partial charge in [0.15, 0.2) is 0 Å². The predicted molar refractivity (Wildman–Crippen MR) is 96.8 cm³/mol. The normalized spacial score (nSPS) is 12.8. The quantitative estimate of drug-likeness (QED) is 0.749. The molecule has 0 atom stereocenters. The molecule has 2 aromatic rings. The second-order valence-corrected chi connectivity index (χ2v) is 11.5. The molecule has 0 aliphatic rings. The first-order chi connectivity index (χ1) is 9.79. The van der Waals surface area contributed by atoms with E-state index in [0.717, 1.165) is 26.6 Å². The maximum atomic E-state index is 12.6. The zero-order chi connectivity index (χ0) is 15.6. The number of nitrogens with zero attached hydrogens (tertiary/aromatic N) is 1. The Bertz CT molecular complexity index is 704. The van der Waals surface area contributed by atoms with Gasteiger partial charge in [0.25, 0.3) is 5.56 Å². The van der Waals surface area contributed by atoms with Crippen molar-refractivity contribution in [3.8, 4) is 0 Å². The number of hydrogen-bond acceptors (Lipinski definition) is 2. The minimum absolute atomic E-state index is 0.00817. The Kier molecular flexibility index (Phi) is 5.17. The predicted octanol–water partition coefficient (Wildman–Crippen LogP) is 3.74. The molecule has 0 spiro atoms. The molecule has 0 N–H and O–H groups in total. The molecule has 116 valence electrons. The summed E-state index contributed by atoms with van der Waals surface area (Å²) < 4.78 is 8.17. The molecular formula is C16H22BrNO2S. The molecule has 0 amide bonds. The molecule has 21 heavy (non-hydrogen) atoms. The van der Waals surface area contributed by atoms with Gasteiger partial charge in [-0.25, -0.2) is 10.0 Å². The third-order valence-electron chi connectivity index (χ3n) is 3.35. The van der Waals surface area contributed by atoms with Crippen molar-refractivity contribution in [3.63, 3.8) is 0 Å². The Morgan fingerprint density at radius 1 is 1.24 bits per heavy atom. The van der Waals surface area contributed by atoms with Crippen LogP contribution in [0.3, 0.4) is 0 Å². The van der Waals surface area contributed by atoms with Crippen LogP contribution in [0.1, 0.15) is 5.56 Å². The Balaban J connectivity index is 2.20. The maximum absolute atomic E-state index is 12.6. The molecule has 0 fully saturated rings. The first-order valence-corrected chi connectivity index (χ1v) is 10.6. The zero-order valence-electron chi connectivity index (χ0n) is 13.0. The topological polar surface area (TPSA) is 31.2 Å². The number of benzene rings is 1. The highest BCUT2D eigenvalue weighted by atomic mass is 79.9. The van der Waals surface area contributed by atoms with Gasteiger partial charge in [-0.3, -0.25) is 9.36 Å². The van der Waals surface area contributed by atoms with Gasteiger partial charge in [0.1, 0.15) is 6.73 Å². The minimum Gasteiger partial charge on any atom is -0.360 e. The lowest BCUT2D eigenvalue weighted by Crippen LogP contribution is -2.22. The van der Waals surface area contributed by atoms with E-state index in [-0.39, 0.29) is 5.56 Å². The number of rotatable bonds is 5. The van der Waals surface area contributed by atoms with Crippen LogP contribution in [-0.4, -0.2) is 35.7 Å². The average Bonchev–Trinajstić information content (AvgIpc) is 2.39. The van der Waals surface area contributed by atoms with Gasteiger partial charge in [-0.15, -0.1) is 0 Å². The standard InChI is InChI=1S/C16H22BrNO2S/c1-12-5-6-13-7-8-18(16(19)14(13)15(12)17)11-20-9-10-21(2,3)4/h5-8H,9-11H2,1-4H3. The van der Waals surface area contributed by atoms with Crippen LogP contribution in [0.25, 0.3) is 10.8 Å². The largest absolute Gasteiger partial charge is 0.360 e. The number of pyridine rings is 1. The van der Waals surface area contributed by atoms with Crippen LogP contribution in [0.4, 0.5) is 0 Å². The van der Waals surface area contributed by atoms with Gasteiger partial charge in [-0.05, 0) is 58.6 Å². The third kappa shape index (κ3) is 4.11. The van der Waals surface area contributed by atoms with Gasteiger partial charge in [-0.2, -0.15) is 0 Å². The third-order valence-corrected chi connectivity index (χ3v) is 5.76. The molecule has 5 heteroatoms. The second kappa shape index (κ2) is 6.55. The van der Waals surface area contributed by atoms with E-state index in [4.69, 9.17) is 4.74 Å². The summed E-state index contributed by atoms with van der Waals surface area (Å²) in [4.78, 5) is 12.6. The first-order valence-electron chi connectivity index (χ1n) is 6.81. The van der Waals surface area contributed by atoms with E-state index < -0.39 is 10.0 Å². The minimum atomic E-state index is -0.556. The van der Waals surface area contributed by atoms with E-state index in [1.807, 2.05) is 25.1 Å². The summed E-state index contributed by atoms with van der Waals surface area (Å²) in [6.45, 7) is 2.99. The van der Waals surface area contributed by atoms with Crippen molar-refractivity contribution in [2.24, 2.45) is 0 Å². The fraction of sp³-hybridized carbons (Fsp3) is 0.438. The number of fused-ring (bicyclic) bond motifs is 1.